The molecular formula is C14H16N2O3S. The molecule has 106 valence electrons. The lowest BCUT2D eigenvalue weighted by atomic mass is 10.1. The van der Waals surface area contributed by atoms with Gasteiger partial charge in [0.25, 0.3) is 0 Å². The summed E-state index contributed by atoms with van der Waals surface area (Å²) in [5.74, 6) is 0.326. The molecule has 1 aliphatic heterocycles. The maximum absolute atomic E-state index is 12.2. The lowest BCUT2D eigenvalue weighted by molar-refractivity contribution is 0.0989. The van der Waals surface area contributed by atoms with Crippen molar-refractivity contribution in [3.8, 4) is 0 Å². The van der Waals surface area contributed by atoms with Gasteiger partial charge in [-0.2, -0.15) is 0 Å². The minimum absolute atomic E-state index is 0.0215. The Kier molecular flexibility index (Phi) is 3.35. The van der Waals surface area contributed by atoms with E-state index in [1.807, 2.05) is 24.3 Å². The molecule has 0 saturated carbocycles. The predicted molar refractivity (Wildman–Crippen MR) is 77.7 cm³/mol. The van der Waals surface area contributed by atoms with Crippen molar-refractivity contribution in [3.63, 3.8) is 0 Å². The van der Waals surface area contributed by atoms with E-state index in [-0.39, 0.29) is 29.9 Å². The molecule has 2 N–H and O–H groups in total. The van der Waals surface area contributed by atoms with Gasteiger partial charge in [0.1, 0.15) is 0 Å². The Bertz CT molecular complexity index is 749. The molecule has 0 aliphatic carbocycles. The first-order valence-corrected chi connectivity index (χ1v) is 8.40. The van der Waals surface area contributed by atoms with E-state index in [0.29, 0.717) is 12.0 Å². The third-order valence-electron chi connectivity index (χ3n) is 3.67. The third kappa shape index (κ3) is 2.62. The lowest BCUT2D eigenvalue weighted by Crippen LogP contribution is -2.34. The van der Waals surface area contributed by atoms with Gasteiger partial charge in [0, 0.05) is 28.7 Å². The van der Waals surface area contributed by atoms with Crippen LogP contribution in [-0.2, 0) is 9.84 Å². The van der Waals surface area contributed by atoms with E-state index < -0.39 is 9.84 Å². The molecule has 5 nitrogen and oxygen atoms in total. The zero-order valence-corrected chi connectivity index (χ0v) is 11.7. The van der Waals surface area contributed by atoms with E-state index in [0.717, 1.165) is 10.9 Å². The fourth-order valence-electron chi connectivity index (χ4n) is 2.59. The molecule has 20 heavy (non-hydrogen) atoms. The number of carbonyl (C=O) groups is 1. The van der Waals surface area contributed by atoms with Gasteiger partial charge in [0.15, 0.2) is 15.6 Å². The molecule has 2 heterocycles. The largest absolute Gasteiger partial charge is 0.360 e. The number of fused-ring (bicyclic) bond motifs is 1. The van der Waals surface area contributed by atoms with Crippen LogP contribution in [0.15, 0.2) is 30.5 Å². The number of aromatic amines is 1. The van der Waals surface area contributed by atoms with Crippen molar-refractivity contribution in [1.82, 2.24) is 10.3 Å². The number of carbonyl (C=O) groups excluding carboxylic acids is 1. The summed E-state index contributed by atoms with van der Waals surface area (Å²) in [6, 6.07) is 7.52. The standard InChI is InChI=1S/C14H16N2O3S/c17-14(8-15-10-5-6-20(18,19)9-10)12-7-16-13-4-2-1-3-11(12)13/h1-4,7,10,15-16H,5-6,8-9H2. The van der Waals surface area contributed by atoms with Crippen LogP contribution in [0.5, 0.6) is 0 Å². The number of Topliss-reactive ketones (excluding diaryl/α,β-unsaturated/α-hetero) is 1. The van der Waals surface area contributed by atoms with E-state index in [1.54, 1.807) is 6.20 Å². The molecule has 1 fully saturated rings. The van der Waals surface area contributed by atoms with E-state index >= 15 is 0 Å². The van der Waals surface area contributed by atoms with E-state index in [4.69, 9.17) is 0 Å². The van der Waals surface area contributed by atoms with Crippen molar-refractivity contribution < 1.29 is 13.2 Å². The van der Waals surface area contributed by atoms with E-state index in [2.05, 4.69) is 10.3 Å². The fourth-order valence-corrected chi connectivity index (χ4v) is 4.30. The minimum Gasteiger partial charge on any atom is -0.360 e. The Balaban J connectivity index is 1.68. The molecule has 1 saturated heterocycles. The highest BCUT2D eigenvalue weighted by Gasteiger charge is 2.27. The van der Waals surface area contributed by atoms with Gasteiger partial charge in [-0.15, -0.1) is 0 Å². The average Bonchev–Trinajstić information content (AvgIpc) is 2.99. The lowest BCUT2D eigenvalue weighted by Gasteiger charge is -2.09. The summed E-state index contributed by atoms with van der Waals surface area (Å²) in [6.45, 7) is 0.169. The van der Waals surface area contributed by atoms with Gasteiger partial charge in [0.2, 0.25) is 0 Å². The number of hydrogen-bond acceptors (Lipinski definition) is 4. The van der Waals surface area contributed by atoms with Crippen molar-refractivity contribution in [1.29, 1.82) is 0 Å². The maximum atomic E-state index is 12.2. The predicted octanol–water partition coefficient (Wildman–Crippen LogP) is 1.13. The first-order chi connectivity index (χ1) is 9.55. The first kappa shape index (κ1) is 13.3. The number of H-pyrrole nitrogens is 1. The molecule has 1 atom stereocenters. The fraction of sp³-hybridized carbons (Fsp3) is 0.357. The van der Waals surface area contributed by atoms with Crippen LogP contribution in [0.25, 0.3) is 10.9 Å². The number of ketones is 1. The van der Waals surface area contributed by atoms with Crippen LogP contribution in [0, 0.1) is 0 Å². The molecule has 1 aliphatic rings. The molecule has 0 radical (unpaired) electrons. The van der Waals surface area contributed by atoms with Crippen LogP contribution >= 0.6 is 0 Å². The number of para-hydroxylation sites is 1. The molecule has 3 rings (SSSR count). The van der Waals surface area contributed by atoms with E-state index in [1.165, 1.54) is 0 Å². The average molecular weight is 292 g/mol. The summed E-state index contributed by atoms with van der Waals surface area (Å²) in [4.78, 5) is 15.3. The number of nitrogens with one attached hydrogen (secondary N) is 2. The number of aromatic nitrogens is 1. The highest BCUT2D eigenvalue weighted by Crippen LogP contribution is 2.18. The van der Waals surface area contributed by atoms with Crippen LogP contribution in [0.4, 0.5) is 0 Å². The molecule has 1 aromatic carbocycles. The Morgan fingerprint density at radius 1 is 1.35 bits per heavy atom. The first-order valence-electron chi connectivity index (χ1n) is 6.58. The van der Waals surface area contributed by atoms with E-state index in [9.17, 15) is 13.2 Å². The second-order valence-corrected chi connectivity index (χ2v) is 7.38. The normalized spacial score (nSPS) is 21.3. The second-order valence-electron chi connectivity index (χ2n) is 5.15. The third-order valence-corrected chi connectivity index (χ3v) is 5.44. The molecule has 2 aromatic rings. The number of hydrogen-bond donors (Lipinski definition) is 2. The zero-order chi connectivity index (χ0) is 14.2. The van der Waals surface area contributed by atoms with Crippen molar-refractivity contribution in [2.75, 3.05) is 18.1 Å². The second kappa shape index (κ2) is 5.03. The molecule has 1 unspecified atom stereocenters. The van der Waals surface area contributed by atoms with Crippen molar-refractivity contribution in [2.45, 2.75) is 12.5 Å². The van der Waals surface area contributed by atoms with Crippen LogP contribution < -0.4 is 5.32 Å². The Hall–Kier alpha value is -1.66. The van der Waals surface area contributed by atoms with Crippen LogP contribution in [-0.4, -0.2) is 43.3 Å². The van der Waals surface area contributed by atoms with Crippen molar-refractivity contribution in [3.05, 3.63) is 36.0 Å². The summed E-state index contributed by atoms with van der Waals surface area (Å²) in [5, 5.41) is 3.95. The zero-order valence-electron chi connectivity index (χ0n) is 10.9. The van der Waals surface area contributed by atoms with Crippen molar-refractivity contribution >= 4 is 26.5 Å². The Morgan fingerprint density at radius 2 is 2.15 bits per heavy atom. The quantitative estimate of drug-likeness (QED) is 0.828. The SMILES string of the molecule is O=C(CNC1CCS(=O)(=O)C1)c1c[nH]c2ccccc12. The summed E-state index contributed by atoms with van der Waals surface area (Å²) < 4.78 is 22.7. The number of sulfone groups is 1. The number of rotatable bonds is 4. The van der Waals surface area contributed by atoms with Gasteiger partial charge in [-0.05, 0) is 12.5 Å². The Labute approximate surface area is 117 Å². The van der Waals surface area contributed by atoms with Gasteiger partial charge >= 0.3 is 0 Å². The Morgan fingerprint density at radius 3 is 2.90 bits per heavy atom. The van der Waals surface area contributed by atoms with Gasteiger partial charge in [-0.25, -0.2) is 8.42 Å². The molecule has 0 bridgehead atoms. The molecule has 6 heteroatoms. The van der Waals surface area contributed by atoms with Crippen LogP contribution in [0.2, 0.25) is 0 Å². The summed E-state index contributed by atoms with van der Waals surface area (Å²) >= 11 is 0. The molecule has 0 amide bonds. The van der Waals surface area contributed by atoms with Gasteiger partial charge in [-0.1, -0.05) is 18.2 Å². The molecular weight excluding hydrogens is 276 g/mol. The summed E-state index contributed by atoms with van der Waals surface area (Å²) in [5.41, 5.74) is 1.58. The van der Waals surface area contributed by atoms with Crippen LogP contribution in [0.1, 0.15) is 16.8 Å². The minimum atomic E-state index is -2.91. The molecule has 1 aromatic heterocycles. The number of benzene rings is 1. The van der Waals surface area contributed by atoms with Gasteiger partial charge in [0.05, 0.1) is 18.1 Å². The topological polar surface area (TPSA) is 79.0 Å². The summed E-state index contributed by atoms with van der Waals surface area (Å²) in [7, 11) is -2.91. The highest BCUT2D eigenvalue weighted by molar-refractivity contribution is 7.91. The molecule has 0 spiro atoms. The maximum Gasteiger partial charge on any atom is 0.178 e. The van der Waals surface area contributed by atoms with Crippen molar-refractivity contribution in [2.24, 2.45) is 0 Å². The monoisotopic (exact) mass is 292 g/mol. The van der Waals surface area contributed by atoms with Gasteiger partial charge < -0.3 is 10.3 Å². The van der Waals surface area contributed by atoms with Gasteiger partial charge in [-0.3, -0.25) is 4.79 Å². The van der Waals surface area contributed by atoms with Crippen LogP contribution in [0.3, 0.4) is 0 Å². The summed E-state index contributed by atoms with van der Waals surface area (Å²) in [6.07, 6.45) is 2.30. The highest BCUT2D eigenvalue weighted by atomic mass is 32.2. The smallest absolute Gasteiger partial charge is 0.178 e.